The van der Waals surface area contributed by atoms with Gasteiger partial charge < -0.3 is 4.74 Å². The Kier molecular flexibility index (Phi) is 5.89. The fourth-order valence-electron chi connectivity index (χ4n) is 1.61. The number of hydrogen-bond acceptors (Lipinski definition) is 3. The molecule has 0 amide bonds. The molecule has 1 unspecified atom stereocenters. The molecule has 0 fully saturated rings. The number of primary sulfonamides is 1. The molecule has 1 aromatic carbocycles. The van der Waals surface area contributed by atoms with Crippen molar-refractivity contribution in [3.05, 3.63) is 27.7 Å². The van der Waals surface area contributed by atoms with Crippen LogP contribution in [0.5, 0.6) is 5.75 Å². The van der Waals surface area contributed by atoms with Crippen molar-refractivity contribution in [2.45, 2.75) is 20.8 Å². The molecule has 1 atom stereocenters. The van der Waals surface area contributed by atoms with E-state index in [1.807, 2.05) is 20.8 Å². The predicted octanol–water partition coefficient (Wildman–Crippen LogP) is 3.43. The third kappa shape index (κ3) is 5.99. The minimum absolute atomic E-state index is 0.123. The van der Waals surface area contributed by atoms with Crippen molar-refractivity contribution in [1.29, 1.82) is 0 Å². The SMILES string of the molecule is CC(C)(C)C(COc1cc(Br)ccc1Cl)CS(N)(=O)=O. The van der Waals surface area contributed by atoms with E-state index in [0.717, 1.165) is 4.47 Å². The summed E-state index contributed by atoms with van der Waals surface area (Å²) in [6.07, 6.45) is 0. The second-order valence-corrected chi connectivity index (χ2v) is 8.76. The van der Waals surface area contributed by atoms with Gasteiger partial charge in [-0.05, 0) is 23.6 Å². The number of benzene rings is 1. The molecule has 0 aliphatic carbocycles. The van der Waals surface area contributed by atoms with Crippen LogP contribution in [0.25, 0.3) is 0 Å². The van der Waals surface area contributed by atoms with E-state index >= 15 is 0 Å². The molecule has 0 aliphatic heterocycles. The maximum atomic E-state index is 11.3. The molecule has 0 saturated heterocycles. The van der Waals surface area contributed by atoms with E-state index in [2.05, 4.69) is 15.9 Å². The summed E-state index contributed by atoms with van der Waals surface area (Å²) in [5.74, 6) is 0.166. The number of ether oxygens (including phenoxy) is 1. The zero-order valence-corrected chi connectivity index (χ0v) is 14.8. The van der Waals surface area contributed by atoms with Gasteiger partial charge in [-0.25, -0.2) is 13.6 Å². The minimum Gasteiger partial charge on any atom is -0.492 e. The zero-order valence-electron chi connectivity index (χ0n) is 11.7. The predicted molar refractivity (Wildman–Crippen MR) is 85.6 cm³/mol. The average molecular weight is 385 g/mol. The molecular formula is C13H19BrClNO3S. The first-order chi connectivity index (χ1) is 8.99. The fraction of sp³-hybridized carbons (Fsp3) is 0.538. The lowest BCUT2D eigenvalue weighted by Crippen LogP contribution is -2.35. The highest BCUT2D eigenvalue weighted by molar-refractivity contribution is 9.10. The van der Waals surface area contributed by atoms with Gasteiger partial charge >= 0.3 is 0 Å². The Morgan fingerprint density at radius 3 is 2.50 bits per heavy atom. The Hall–Kier alpha value is -0.300. The van der Waals surface area contributed by atoms with Crippen LogP contribution < -0.4 is 9.88 Å². The van der Waals surface area contributed by atoms with E-state index in [0.29, 0.717) is 10.8 Å². The molecule has 0 aromatic heterocycles. The molecule has 0 spiro atoms. The van der Waals surface area contributed by atoms with Gasteiger partial charge in [-0.1, -0.05) is 48.3 Å². The monoisotopic (exact) mass is 383 g/mol. The summed E-state index contributed by atoms with van der Waals surface area (Å²) in [5.41, 5.74) is -0.245. The number of nitrogens with two attached hydrogens (primary N) is 1. The van der Waals surface area contributed by atoms with E-state index in [1.165, 1.54) is 0 Å². The molecule has 0 heterocycles. The van der Waals surface area contributed by atoms with Gasteiger partial charge in [0.1, 0.15) is 5.75 Å². The highest BCUT2D eigenvalue weighted by Crippen LogP contribution is 2.31. The van der Waals surface area contributed by atoms with Crippen molar-refractivity contribution in [3.63, 3.8) is 0 Å². The molecule has 0 aliphatic rings. The lowest BCUT2D eigenvalue weighted by Gasteiger charge is -2.30. The second kappa shape index (κ2) is 6.64. The maximum absolute atomic E-state index is 11.3. The molecule has 1 rings (SSSR count). The first-order valence-corrected chi connectivity index (χ1v) is 8.96. The van der Waals surface area contributed by atoms with Gasteiger partial charge in [-0.15, -0.1) is 0 Å². The van der Waals surface area contributed by atoms with E-state index in [9.17, 15) is 8.42 Å². The topological polar surface area (TPSA) is 69.4 Å². The summed E-state index contributed by atoms with van der Waals surface area (Å²) >= 11 is 9.38. The van der Waals surface area contributed by atoms with E-state index in [-0.39, 0.29) is 23.7 Å². The van der Waals surface area contributed by atoms with Crippen LogP contribution in [0.1, 0.15) is 20.8 Å². The van der Waals surface area contributed by atoms with Crippen LogP contribution in [-0.2, 0) is 10.0 Å². The van der Waals surface area contributed by atoms with Gasteiger partial charge in [0.15, 0.2) is 0 Å². The Morgan fingerprint density at radius 2 is 2.00 bits per heavy atom. The van der Waals surface area contributed by atoms with Gasteiger partial charge in [0.25, 0.3) is 0 Å². The lowest BCUT2D eigenvalue weighted by atomic mass is 9.82. The standard InChI is InChI=1S/C13H19BrClNO3S/c1-13(2,3)9(8-20(16,17)18)7-19-12-6-10(14)4-5-11(12)15/h4-6,9H,7-8H2,1-3H3,(H2,16,17,18). The van der Waals surface area contributed by atoms with Crippen LogP contribution in [0.4, 0.5) is 0 Å². The van der Waals surface area contributed by atoms with E-state index in [4.69, 9.17) is 21.5 Å². The smallest absolute Gasteiger partial charge is 0.209 e. The van der Waals surface area contributed by atoms with Crippen LogP contribution in [0.3, 0.4) is 0 Å². The Balaban J connectivity index is 2.84. The van der Waals surface area contributed by atoms with Crippen molar-refractivity contribution >= 4 is 37.6 Å². The molecule has 0 radical (unpaired) electrons. The number of hydrogen-bond donors (Lipinski definition) is 1. The Labute approximate surface area is 133 Å². The van der Waals surface area contributed by atoms with Crippen LogP contribution in [-0.4, -0.2) is 20.8 Å². The van der Waals surface area contributed by atoms with Gasteiger partial charge in [0.05, 0.1) is 17.4 Å². The number of rotatable bonds is 5. The molecule has 1 aromatic rings. The summed E-state index contributed by atoms with van der Waals surface area (Å²) in [7, 11) is -3.55. The molecule has 2 N–H and O–H groups in total. The van der Waals surface area contributed by atoms with Gasteiger partial charge in [-0.3, -0.25) is 0 Å². The van der Waals surface area contributed by atoms with Gasteiger partial charge in [0, 0.05) is 10.4 Å². The van der Waals surface area contributed by atoms with Crippen molar-refractivity contribution < 1.29 is 13.2 Å². The van der Waals surface area contributed by atoms with Crippen molar-refractivity contribution in [2.24, 2.45) is 16.5 Å². The molecule has 0 bridgehead atoms. The summed E-state index contributed by atoms with van der Waals surface area (Å²) < 4.78 is 29.1. The fourth-order valence-corrected chi connectivity index (χ4v) is 3.28. The van der Waals surface area contributed by atoms with Crippen molar-refractivity contribution in [3.8, 4) is 5.75 Å². The largest absolute Gasteiger partial charge is 0.492 e. The summed E-state index contributed by atoms with van der Waals surface area (Å²) in [4.78, 5) is 0. The second-order valence-electron chi connectivity index (χ2n) is 5.78. The quantitative estimate of drug-likeness (QED) is 0.845. The molecule has 4 nitrogen and oxygen atoms in total. The first-order valence-electron chi connectivity index (χ1n) is 6.07. The number of sulfonamides is 1. The third-order valence-corrected chi connectivity index (χ3v) is 4.66. The summed E-state index contributed by atoms with van der Waals surface area (Å²) in [5, 5.41) is 5.62. The highest BCUT2D eigenvalue weighted by atomic mass is 79.9. The van der Waals surface area contributed by atoms with E-state index in [1.54, 1.807) is 18.2 Å². The maximum Gasteiger partial charge on any atom is 0.209 e. The lowest BCUT2D eigenvalue weighted by molar-refractivity contribution is 0.163. The molecule has 0 saturated carbocycles. The zero-order chi connectivity index (χ0) is 15.6. The van der Waals surface area contributed by atoms with Gasteiger partial charge in [0.2, 0.25) is 10.0 Å². The highest BCUT2D eigenvalue weighted by Gasteiger charge is 2.29. The van der Waals surface area contributed by atoms with E-state index < -0.39 is 10.0 Å². The van der Waals surface area contributed by atoms with Crippen molar-refractivity contribution in [1.82, 2.24) is 0 Å². The molecule has 114 valence electrons. The van der Waals surface area contributed by atoms with Crippen LogP contribution >= 0.6 is 27.5 Å². The van der Waals surface area contributed by atoms with Crippen molar-refractivity contribution in [2.75, 3.05) is 12.4 Å². The minimum atomic E-state index is -3.55. The van der Waals surface area contributed by atoms with Crippen LogP contribution in [0, 0.1) is 11.3 Å². The third-order valence-electron chi connectivity index (χ3n) is 2.99. The Morgan fingerprint density at radius 1 is 1.40 bits per heavy atom. The van der Waals surface area contributed by atoms with Crippen LogP contribution in [0.2, 0.25) is 5.02 Å². The molecular weight excluding hydrogens is 366 g/mol. The molecule has 20 heavy (non-hydrogen) atoms. The molecule has 7 heteroatoms. The number of halogens is 2. The average Bonchev–Trinajstić information content (AvgIpc) is 2.25. The van der Waals surface area contributed by atoms with Crippen LogP contribution in [0.15, 0.2) is 22.7 Å². The summed E-state index contributed by atoms with van der Waals surface area (Å²) in [6, 6.07) is 5.27. The van der Waals surface area contributed by atoms with Gasteiger partial charge in [-0.2, -0.15) is 0 Å². The summed E-state index contributed by atoms with van der Waals surface area (Å²) in [6.45, 7) is 6.09. The Bertz CT molecular complexity index is 569. The first kappa shape index (κ1) is 17.8. The normalized spacial score (nSPS) is 14.1.